The van der Waals surface area contributed by atoms with E-state index in [1.807, 2.05) is 19.1 Å². The molecule has 0 radical (unpaired) electrons. The Kier molecular flexibility index (Phi) is 4.34. The summed E-state index contributed by atoms with van der Waals surface area (Å²) in [6.07, 6.45) is 0. The van der Waals surface area contributed by atoms with Crippen molar-refractivity contribution >= 4 is 0 Å². The molecule has 1 unspecified atom stereocenters. The number of hydrogen-bond acceptors (Lipinski definition) is 3. The number of nitrogens with one attached hydrogen (secondary N) is 1. The summed E-state index contributed by atoms with van der Waals surface area (Å²) in [7, 11) is 0. The highest BCUT2D eigenvalue weighted by molar-refractivity contribution is 5.35. The van der Waals surface area contributed by atoms with Gasteiger partial charge in [0.25, 0.3) is 0 Å². The minimum atomic E-state index is -0.371. The predicted octanol–water partition coefficient (Wildman–Crippen LogP) is 3.25. The molecular weight excluding hydrogens is 255 g/mol. The molecule has 2 rings (SSSR count). The molecule has 2 N–H and O–H groups in total. The molecule has 2 aromatic carbocycles. The molecule has 0 amide bonds. The molecule has 0 aliphatic heterocycles. The number of nitrogens with zero attached hydrogens (tertiary/aromatic N) is 1. The lowest BCUT2D eigenvalue weighted by molar-refractivity contribution is 0.449. The predicted molar refractivity (Wildman–Crippen MR) is 74.5 cm³/mol. The van der Waals surface area contributed by atoms with E-state index < -0.39 is 0 Å². The van der Waals surface area contributed by atoms with Crippen LogP contribution in [0.15, 0.2) is 42.5 Å². The maximum Gasteiger partial charge on any atom is 0.123 e. The Balaban J connectivity index is 2.02. The van der Waals surface area contributed by atoms with Crippen molar-refractivity contribution in [2.45, 2.75) is 19.5 Å². The third-order valence-corrected chi connectivity index (χ3v) is 3.15. The van der Waals surface area contributed by atoms with Crippen molar-refractivity contribution in [2.75, 3.05) is 0 Å². The fraction of sp³-hybridized carbons (Fsp3) is 0.188. The highest BCUT2D eigenvalue weighted by Gasteiger charge is 2.11. The molecule has 0 spiro atoms. The summed E-state index contributed by atoms with van der Waals surface area (Å²) in [6.45, 7) is 2.43. The van der Waals surface area contributed by atoms with Crippen LogP contribution < -0.4 is 5.32 Å². The Morgan fingerprint density at radius 3 is 2.60 bits per heavy atom. The lowest BCUT2D eigenvalue weighted by Gasteiger charge is -2.15. The van der Waals surface area contributed by atoms with E-state index in [0.717, 1.165) is 5.56 Å². The molecule has 0 saturated heterocycles. The molecule has 20 heavy (non-hydrogen) atoms. The number of hydrogen-bond donors (Lipinski definition) is 2. The summed E-state index contributed by atoms with van der Waals surface area (Å²) in [5.41, 5.74) is 2.16. The van der Waals surface area contributed by atoms with Crippen LogP contribution in [0.4, 0.5) is 4.39 Å². The number of phenolic OH excluding ortho intramolecular Hbond substituents is 1. The Morgan fingerprint density at radius 2 is 1.95 bits per heavy atom. The van der Waals surface area contributed by atoms with Gasteiger partial charge in [-0.1, -0.05) is 12.1 Å². The van der Waals surface area contributed by atoms with E-state index in [0.29, 0.717) is 17.7 Å². The zero-order valence-corrected chi connectivity index (χ0v) is 11.1. The van der Waals surface area contributed by atoms with Gasteiger partial charge in [0.15, 0.2) is 0 Å². The van der Waals surface area contributed by atoms with Crippen LogP contribution in [0.3, 0.4) is 0 Å². The molecule has 0 fully saturated rings. The van der Waals surface area contributed by atoms with E-state index in [-0.39, 0.29) is 17.6 Å². The van der Waals surface area contributed by atoms with Crippen LogP contribution in [0.25, 0.3) is 0 Å². The lowest BCUT2D eigenvalue weighted by Crippen LogP contribution is -2.18. The van der Waals surface area contributed by atoms with Crippen molar-refractivity contribution in [3.05, 3.63) is 65.0 Å². The van der Waals surface area contributed by atoms with Crippen molar-refractivity contribution in [3.8, 4) is 11.8 Å². The highest BCUT2D eigenvalue weighted by Crippen LogP contribution is 2.24. The summed E-state index contributed by atoms with van der Waals surface area (Å²) in [5.74, 6) is -0.295. The average Bonchev–Trinajstić information content (AvgIpc) is 2.47. The van der Waals surface area contributed by atoms with Crippen molar-refractivity contribution in [1.82, 2.24) is 5.32 Å². The lowest BCUT2D eigenvalue weighted by atomic mass is 10.1. The van der Waals surface area contributed by atoms with Gasteiger partial charge in [-0.15, -0.1) is 0 Å². The first-order chi connectivity index (χ1) is 9.60. The first kappa shape index (κ1) is 14.0. The third kappa shape index (κ3) is 3.34. The fourth-order valence-electron chi connectivity index (χ4n) is 1.95. The quantitative estimate of drug-likeness (QED) is 0.896. The molecular formula is C16H15FN2O. The van der Waals surface area contributed by atoms with Gasteiger partial charge in [0.05, 0.1) is 11.6 Å². The van der Waals surface area contributed by atoms with Crippen LogP contribution in [0, 0.1) is 17.1 Å². The minimum Gasteiger partial charge on any atom is -0.508 e. The average molecular weight is 270 g/mol. The number of nitriles is 1. The summed E-state index contributed by atoms with van der Waals surface area (Å²) < 4.78 is 13.2. The second-order valence-electron chi connectivity index (χ2n) is 4.61. The second-order valence-corrected chi connectivity index (χ2v) is 4.61. The van der Waals surface area contributed by atoms with Gasteiger partial charge in [-0.2, -0.15) is 5.26 Å². The maximum absolute atomic E-state index is 13.2. The summed E-state index contributed by atoms with van der Waals surface area (Å²) in [6, 6.07) is 13.0. The van der Waals surface area contributed by atoms with E-state index in [2.05, 4.69) is 11.4 Å². The van der Waals surface area contributed by atoms with E-state index in [4.69, 9.17) is 5.26 Å². The maximum atomic E-state index is 13.2. The van der Waals surface area contributed by atoms with Crippen LogP contribution in [0.2, 0.25) is 0 Å². The zero-order valence-electron chi connectivity index (χ0n) is 11.1. The van der Waals surface area contributed by atoms with Gasteiger partial charge in [0.2, 0.25) is 0 Å². The number of aromatic hydroxyl groups is 1. The van der Waals surface area contributed by atoms with E-state index >= 15 is 0 Å². The normalized spacial score (nSPS) is 11.8. The third-order valence-electron chi connectivity index (χ3n) is 3.15. The molecule has 3 nitrogen and oxygen atoms in total. The number of phenols is 1. The Labute approximate surface area is 117 Å². The van der Waals surface area contributed by atoms with Crippen LogP contribution in [0.1, 0.15) is 29.7 Å². The standard InChI is InChI=1S/C16H15FN2O/c1-11(15-8-14(17)6-7-16(15)20)19-10-13-4-2-12(9-18)3-5-13/h2-8,11,19-20H,10H2,1H3. The zero-order chi connectivity index (χ0) is 14.5. The van der Waals surface area contributed by atoms with Gasteiger partial charge in [-0.3, -0.25) is 0 Å². The Hall–Kier alpha value is -2.38. The van der Waals surface area contributed by atoms with Gasteiger partial charge in [0.1, 0.15) is 11.6 Å². The van der Waals surface area contributed by atoms with Gasteiger partial charge in [-0.05, 0) is 42.8 Å². The van der Waals surface area contributed by atoms with Crippen LogP contribution in [-0.2, 0) is 6.54 Å². The van der Waals surface area contributed by atoms with Crippen molar-refractivity contribution in [3.63, 3.8) is 0 Å². The monoisotopic (exact) mass is 270 g/mol. The molecule has 4 heteroatoms. The smallest absolute Gasteiger partial charge is 0.123 e. The van der Waals surface area contributed by atoms with E-state index in [1.54, 1.807) is 12.1 Å². The van der Waals surface area contributed by atoms with Crippen LogP contribution in [0.5, 0.6) is 5.75 Å². The molecule has 0 bridgehead atoms. The van der Waals surface area contributed by atoms with Gasteiger partial charge >= 0.3 is 0 Å². The van der Waals surface area contributed by atoms with Crippen molar-refractivity contribution in [2.24, 2.45) is 0 Å². The fourth-order valence-corrected chi connectivity index (χ4v) is 1.95. The topological polar surface area (TPSA) is 56.0 Å². The molecule has 0 saturated carbocycles. The van der Waals surface area contributed by atoms with Gasteiger partial charge < -0.3 is 10.4 Å². The molecule has 1 atom stereocenters. The Bertz CT molecular complexity index is 632. The first-order valence-corrected chi connectivity index (χ1v) is 6.31. The van der Waals surface area contributed by atoms with Crippen molar-refractivity contribution in [1.29, 1.82) is 5.26 Å². The van der Waals surface area contributed by atoms with E-state index in [9.17, 15) is 9.50 Å². The van der Waals surface area contributed by atoms with Gasteiger partial charge in [0, 0.05) is 18.2 Å². The minimum absolute atomic E-state index is 0.0752. The Morgan fingerprint density at radius 1 is 1.25 bits per heavy atom. The SMILES string of the molecule is CC(NCc1ccc(C#N)cc1)c1cc(F)ccc1O. The van der Waals surface area contributed by atoms with Crippen LogP contribution in [-0.4, -0.2) is 5.11 Å². The summed E-state index contributed by atoms with van der Waals surface area (Å²) in [4.78, 5) is 0. The number of halogens is 1. The van der Waals surface area contributed by atoms with E-state index in [1.165, 1.54) is 18.2 Å². The van der Waals surface area contributed by atoms with Crippen molar-refractivity contribution < 1.29 is 9.50 Å². The van der Waals surface area contributed by atoms with Crippen LogP contribution >= 0.6 is 0 Å². The second kappa shape index (κ2) is 6.18. The molecule has 0 heterocycles. The summed E-state index contributed by atoms with van der Waals surface area (Å²) in [5, 5.41) is 21.7. The molecule has 2 aromatic rings. The van der Waals surface area contributed by atoms with Gasteiger partial charge in [-0.25, -0.2) is 4.39 Å². The number of benzene rings is 2. The highest BCUT2D eigenvalue weighted by atomic mass is 19.1. The summed E-state index contributed by atoms with van der Waals surface area (Å²) >= 11 is 0. The molecule has 0 aromatic heterocycles. The largest absolute Gasteiger partial charge is 0.508 e. The molecule has 0 aliphatic carbocycles. The molecule has 102 valence electrons. The number of rotatable bonds is 4. The first-order valence-electron chi connectivity index (χ1n) is 6.31. The molecule has 0 aliphatic rings.